The number of hydrogen-bond donors (Lipinski definition) is 2. The molecule has 2 fully saturated rings. The molecule has 0 aromatic carbocycles. The molecule has 2 aliphatic rings. The monoisotopic (exact) mass is 420 g/mol. The van der Waals surface area contributed by atoms with E-state index in [1.807, 2.05) is 19.9 Å². The normalized spacial score (nSPS) is 25.1. The van der Waals surface area contributed by atoms with Gasteiger partial charge in [0.15, 0.2) is 0 Å². The van der Waals surface area contributed by atoms with Crippen LogP contribution in [0.1, 0.15) is 32.3 Å². The van der Waals surface area contributed by atoms with Gasteiger partial charge in [-0.1, -0.05) is 13.8 Å². The van der Waals surface area contributed by atoms with Gasteiger partial charge in [-0.2, -0.15) is 0 Å². The first-order valence-electron chi connectivity index (χ1n) is 8.59. The first-order chi connectivity index (χ1) is 11.9. The summed E-state index contributed by atoms with van der Waals surface area (Å²) in [5.74, 6) is 1.29. The third-order valence-electron chi connectivity index (χ3n) is 4.78. The molecule has 0 spiro atoms. The number of hydrogen-bond acceptors (Lipinski definition) is 3. The fourth-order valence-electron chi connectivity index (χ4n) is 3.54. The van der Waals surface area contributed by atoms with Crippen LogP contribution in [-0.2, 0) is 0 Å². The van der Waals surface area contributed by atoms with Gasteiger partial charge in [-0.05, 0) is 0 Å². The van der Waals surface area contributed by atoms with Gasteiger partial charge in [0.1, 0.15) is 0 Å². The number of nitrogens with one attached hydrogen (secondary N) is 2. The van der Waals surface area contributed by atoms with Crippen LogP contribution in [0.25, 0.3) is 5.52 Å². The molecule has 1 saturated heterocycles. The third-order valence-corrected chi connectivity index (χ3v) is 6.76. The molecule has 0 radical (unpaired) electrons. The molecule has 1 aliphatic carbocycles. The average molecular weight is 419 g/mol. The van der Waals surface area contributed by atoms with Crippen molar-refractivity contribution >= 4 is 30.9 Å². The number of aryl methyl sites for hydroxylation is 1. The molecule has 2 aromatic rings. The SMILES string of the molecule is CC.Cc1cc2c(NC34CCNCC3C4)nccn2c1[Se]C(F)(F)F. The summed E-state index contributed by atoms with van der Waals surface area (Å²) in [6.07, 6.45) is 5.34. The molecule has 4 rings (SSSR count). The summed E-state index contributed by atoms with van der Waals surface area (Å²) >= 11 is -1.56. The summed E-state index contributed by atoms with van der Waals surface area (Å²) < 4.78 is 40.5. The zero-order valence-electron chi connectivity index (χ0n) is 14.6. The second-order valence-electron chi connectivity index (χ2n) is 6.35. The Morgan fingerprint density at radius 3 is 2.84 bits per heavy atom. The molecular formula is C17H23F3N4Se. The van der Waals surface area contributed by atoms with E-state index in [1.165, 1.54) is 0 Å². The van der Waals surface area contributed by atoms with Gasteiger partial charge < -0.3 is 0 Å². The van der Waals surface area contributed by atoms with E-state index in [0.29, 0.717) is 21.9 Å². The van der Waals surface area contributed by atoms with E-state index in [2.05, 4.69) is 15.6 Å². The summed E-state index contributed by atoms with van der Waals surface area (Å²) in [6.45, 7) is 7.70. The van der Waals surface area contributed by atoms with Crippen molar-refractivity contribution in [2.75, 3.05) is 18.4 Å². The minimum atomic E-state index is -4.15. The first-order valence-corrected chi connectivity index (χ1v) is 10.3. The van der Waals surface area contributed by atoms with Gasteiger partial charge in [0, 0.05) is 0 Å². The van der Waals surface area contributed by atoms with Crippen molar-refractivity contribution in [1.82, 2.24) is 14.7 Å². The van der Waals surface area contributed by atoms with Gasteiger partial charge in [-0.3, -0.25) is 0 Å². The molecule has 2 N–H and O–H groups in total. The van der Waals surface area contributed by atoms with Crippen LogP contribution in [0, 0.1) is 12.8 Å². The fourth-order valence-corrected chi connectivity index (χ4v) is 5.00. The molecule has 8 heteroatoms. The van der Waals surface area contributed by atoms with Gasteiger partial charge in [0.2, 0.25) is 0 Å². The van der Waals surface area contributed by atoms with Crippen LogP contribution in [0.15, 0.2) is 18.5 Å². The molecule has 138 valence electrons. The van der Waals surface area contributed by atoms with E-state index in [-0.39, 0.29) is 5.54 Å². The summed E-state index contributed by atoms with van der Waals surface area (Å²) in [4.78, 5) is 4.40. The second kappa shape index (κ2) is 6.82. The Balaban J connectivity index is 0.000000880. The second-order valence-corrected chi connectivity index (χ2v) is 8.56. The third kappa shape index (κ3) is 3.66. The summed E-state index contributed by atoms with van der Waals surface area (Å²) in [5.41, 5.74) is 1.49. The van der Waals surface area contributed by atoms with Gasteiger partial charge in [0.25, 0.3) is 0 Å². The van der Waals surface area contributed by atoms with Gasteiger partial charge >= 0.3 is 137 Å². The Morgan fingerprint density at radius 2 is 2.16 bits per heavy atom. The number of fused-ring (bicyclic) bond motifs is 2. The topological polar surface area (TPSA) is 41.4 Å². The van der Waals surface area contributed by atoms with Crippen LogP contribution in [0.2, 0.25) is 0 Å². The Labute approximate surface area is 151 Å². The molecule has 1 saturated carbocycles. The van der Waals surface area contributed by atoms with E-state index in [0.717, 1.165) is 31.4 Å². The summed E-state index contributed by atoms with van der Waals surface area (Å²) in [6, 6.07) is 1.81. The summed E-state index contributed by atoms with van der Waals surface area (Å²) in [5, 5.41) is 2.75. The van der Waals surface area contributed by atoms with E-state index in [1.54, 1.807) is 23.7 Å². The average Bonchev–Trinajstić information content (AvgIpc) is 3.21. The minimum absolute atomic E-state index is 0.0770. The zero-order chi connectivity index (χ0) is 18.2. The number of aromatic nitrogens is 2. The molecular weight excluding hydrogens is 396 g/mol. The maximum absolute atomic E-state index is 12.8. The van der Waals surface area contributed by atoms with Crippen LogP contribution in [-0.4, -0.2) is 48.0 Å². The molecule has 1 aliphatic heterocycles. The molecule has 0 bridgehead atoms. The van der Waals surface area contributed by atoms with Gasteiger partial charge in [-0.25, -0.2) is 0 Å². The van der Waals surface area contributed by atoms with E-state index in [4.69, 9.17) is 0 Å². The number of halogens is 3. The van der Waals surface area contributed by atoms with Crippen molar-refractivity contribution in [2.24, 2.45) is 5.92 Å². The van der Waals surface area contributed by atoms with Crippen LogP contribution in [0.4, 0.5) is 19.0 Å². The Kier molecular flexibility index (Phi) is 5.06. The van der Waals surface area contributed by atoms with Crippen molar-refractivity contribution in [1.29, 1.82) is 0 Å². The molecule has 0 amide bonds. The van der Waals surface area contributed by atoms with Crippen LogP contribution >= 0.6 is 0 Å². The Bertz CT molecular complexity index is 758. The molecule has 3 heterocycles. The Morgan fingerprint density at radius 1 is 1.40 bits per heavy atom. The molecule has 25 heavy (non-hydrogen) atoms. The van der Waals surface area contributed by atoms with Crippen molar-refractivity contribution < 1.29 is 13.2 Å². The van der Waals surface area contributed by atoms with Gasteiger partial charge in [0.05, 0.1) is 0 Å². The number of rotatable bonds is 3. The number of alkyl halides is 3. The zero-order valence-corrected chi connectivity index (χ0v) is 16.3. The molecule has 2 aromatic heterocycles. The maximum atomic E-state index is 12.8. The van der Waals surface area contributed by atoms with Crippen LogP contribution in [0.5, 0.6) is 0 Å². The van der Waals surface area contributed by atoms with E-state index >= 15 is 0 Å². The fraction of sp³-hybridized carbons (Fsp3) is 0.588. The number of nitrogens with zero attached hydrogens (tertiary/aromatic N) is 2. The predicted molar refractivity (Wildman–Crippen MR) is 94.7 cm³/mol. The van der Waals surface area contributed by atoms with E-state index in [9.17, 15) is 13.2 Å². The van der Waals surface area contributed by atoms with Crippen molar-refractivity contribution in [3.63, 3.8) is 0 Å². The number of piperidine rings is 1. The Hall–Kier alpha value is -1.24. The van der Waals surface area contributed by atoms with Crippen molar-refractivity contribution in [3.05, 3.63) is 24.0 Å². The molecule has 2 unspecified atom stereocenters. The molecule has 4 nitrogen and oxygen atoms in total. The quantitative estimate of drug-likeness (QED) is 0.752. The first kappa shape index (κ1) is 18.5. The van der Waals surface area contributed by atoms with Crippen molar-refractivity contribution in [2.45, 2.75) is 44.2 Å². The van der Waals surface area contributed by atoms with Crippen molar-refractivity contribution in [3.8, 4) is 0 Å². The van der Waals surface area contributed by atoms with Crippen LogP contribution < -0.4 is 15.2 Å². The summed E-state index contributed by atoms with van der Waals surface area (Å²) in [7, 11) is 0. The predicted octanol–water partition coefficient (Wildman–Crippen LogP) is 2.68. The van der Waals surface area contributed by atoms with Gasteiger partial charge in [-0.15, -0.1) is 0 Å². The number of anilines is 1. The van der Waals surface area contributed by atoms with E-state index < -0.39 is 20.0 Å². The molecule has 2 atom stereocenters. The van der Waals surface area contributed by atoms with Crippen LogP contribution in [0.3, 0.4) is 0 Å². The standard InChI is InChI=1S/C15H17F3N4Se.C2H6/c1-9-6-11-12(21-14-2-3-19-8-10(14)7-14)20-4-5-22(11)13(9)23-15(16,17)18;1-2/h4-6,10,19H,2-3,7-8H2,1H3,(H,20,21);1-2H3.